The smallest absolute Gasteiger partial charge is 0.114 e. The quantitative estimate of drug-likeness (QED) is 0.695. The van der Waals surface area contributed by atoms with E-state index in [9.17, 15) is 4.39 Å². The van der Waals surface area contributed by atoms with E-state index in [0.717, 1.165) is 19.3 Å². The molecule has 0 unspecified atom stereocenters. The first-order valence-electron chi connectivity index (χ1n) is 4.96. The summed E-state index contributed by atoms with van der Waals surface area (Å²) in [4.78, 5) is 0. The van der Waals surface area contributed by atoms with E-state index in [1.165, 1.54) is 0 Å². The second kappa shape index (κ2) is 3.73. The lowest BCUT2D eigenvalue weighted by molar-refractivity contribution is 0.0318. The van der Waals surface area contributed by atoms with Crippen molar-refractivity contribution >= 4 is 0 Å². The van der Waals surface area contributed by atoms with Crippen molar-refractivity contribution in [3.8, 4) is 0 Å². The Bertz CT molecular complexity index is 139. The first-order valence-corrected chi connectivity index (χ1v) is 4.96. The molecule has 0 aromatic carbocycles. The van der Waals surface area contributed by atoms with E-state index in [0.29, 0.717) is 18.8 Å². The van der Waals surface area contributed by atoms with Crippen molar-refractivity contribution in [2.75, 3.05) is 0 Å². The molecule has 0 heterocycles. The molecule has 0 aromatic rings. The molecule has 1 saturated carbocycles. The van der Waals surface area contributed by atoms with E-state index in [-0.39, 0.29) is 6.04 Å². The van der Waals surface area contributed by atoms with Crippen LogP contribution in [0.3, 0.4) is 0 Å². The Morgan fingerprint density at radius 1 is 1.50 bits per heavy atom. The van der Waals surface area contributed by atoms with Crippen LogP contribution in [0.15, 0.2) is 0 Å². The SMILES string of the molecule is CC(C)CCCC1(F)CC(N)C1. The molecule has 2 N–H and O–H groups in total. The lowest BCUT2D eigenvalue weighted by Crippen LogP contribution is -2.48. The van der Waals surface area contributed by atoms with Crippen LogP contribution in [0.4, 0.5) is 4.39 Å². The molecule has 1 aliphatic carbocycles. The molecule has 1 rings (SSSR count). The summed E-state index contributed by atoms with van der Waals surface area (Å²) in [6.45, 7) is 4.36. The molecule has 0 aromatic heterocycles. The highest BCUT2D eigenvalue weighted by Crippen LogP contribution is 2.39. The summed E-state index contributed by atoms with van der Waals surface area (Å²) < 4.78 is 13.5. The van der Waals surface area contributed by atoms with Crippen molar-refractivity contribution in [1.82, 2.24) is 0 Å². The summed E-state index contributed by atoms with van der Waals surface area (Å²) in [6, 6.07) is 0.133. The van der Waals surface area contributed by atoms with Crippen LogP contribution in [-0.2, 0) is 0 Å². The highest BCUT2D eigenvalue weighted by atomic mass is 19.1. The van der Waals surface area contributed by atoms with E-state index in [2.05, 4.69) is 13.8 Å². The summed E-state index contributed by atoms with van der Waals surface area (Å²) in [5, 5.41) is 0. The molecule has 0 amide bonds. The van der Waals surface area contributed by atoms with E-state index in [1.807, 2.05) is 0 Å². The van der Waals surface area contributed by atoms with Crippen LogP contribution in [-0.4, -0.2) is 11.7 Å². The van der Waals surface area contributed by atoms with Crippen molar-refractivity contribution in [2.45, 2.75) is 57.7 Å². The number of halogens is 1. The van der Waals surface area contributed by atoms with Gasteiger partial charge in [-0.2, -0.15) is 0 Å². The summed E-state index contributed by atoms with van der Waals surface area (Å²) >= 11 is 0. The molecule has 1 aliphatic rings. The Kier molecular flexibility index (Phi) is 3.10. The minimum absolute atomic E-state index is 0.133. The van der Waals surface area contributed by atoms with Crippen LogP contribution in [0.25, 0.3) is 0 Å². The average molecular weight is 173 g/mol. The third kappa shape index (κ3) is 2.74. The van der Waals surface area contributed by atoms with Crippen LogP contribution in [0.2, 0.25) is 0 Å². The van der Waals surface area contributed by atoms with Gasteiger partial charge in [-0.25, -0.2) is 4.39 Å². The van der Waals surface area contributed by atoms with Crippen LogP contribution < -0.4 is 5.73 Å². The Balaban J connectivity index is 2.07. The molecule has 1 nitrogen and oxygen atoms in total. The van der Waals surface area contributed by atoms with Crippen molar-refractivity contribution in [2.24, 2.45) is 11.7 Å². The fourth-order valence-electron chi connectivity index (χ4n) is 1.91. The lowest BCUT2D eigenvalue weighted by Gasteiger charge is -2.39. The maximum absolute atomic E-state index is 13.5. The predicted molar refractivity (Wildman–Crippen MR) is 49.7 cm³/mol. The topological polar surface area (TPSA) is 26.0 Å². The third-order valence-corrected chi connectivity index (χ3v) is 2.66. The van der Waals surface area contributed by atoms with Gasteiger partial charge in [0, 0.05) is 6.04 Å². The van der Waals surface area contributed by atoms with E-state index < -0.39 is 5.67 Å². The second-order valence-electron chi connectivity index (χ2n) is 4.61. The molecular weight excluding hydrogens is 153 g/mol. The second-order valence-corrected chi connectivity index (χ2v) is 4.61. The zero-order valence-corrected chi connectivity index (χ0v) is 8.15. The number of alkyl halides is 1. The van der Waals surface area contributed by atoms with Crippen molar-refractivity contribution < 1.29 is 4.39 Å². The Morgan fingerprint density at radius 3 is 2.50 bits per heavy atom. The Labute approximate surface area is 74.5 Å². The summed E-state index contributed by atoms with van der Waals surface area (Å²) in [7, 11) is 0. The van der Waals surface area contributed by atoms with Gasteiger partial charge < -0.3 is 5.73 Å². The van der Waals surface area contributed by atoms with Gasteiger partial charge in [-0.05, 0) is 25.2 Å². The van der Waals surface area contributed by atoms with Gasteiger partial charge >= 0.3 is 0 Å². The molecular formula is C10H20FN. The third-order valence-electron chi connectivity index (χ3n) is 2.66. The van der Waals surface area contributed by atoms with Gasteiger partial charge in [0.25, 0.3) is 0 Å². The molecule has 0 spiro atoms. The predicted octanol–water partition coefficient (Wildman–Crippen LogP) is 2.64. The zero-order chi connectivity index (χ0) is 9.19. The summed E-state index contributed by atoms with van der Waals surface area (Å²) in [6.07, 6.45) is 4.05. The van der Waals surface area contributed by atoms with E-state index in [4.69, 9.17) is 5.73 Å². The van der Waals surface area contributed by atoms with E-state index in [1.54, 1.807) is 0 Å². The van der Waals surface area contributed by atoms with Gasteiger partial charge in [0.05, 0.1) is 0 Å². The number of hydrogen-bond acceptors (Lipinski definition) is 1. The zero-order valence-electron chi connectivity index (χ0n) is 8.15. The molecule has 12 heavy (non-hydrogen) atoms. The van der Waals surface area contributed by atoms with Gasteiger partial charge in [0.2, 0.25) is 0 Å². The monoisotopic (exact) mass is 173 g/mol. The molecule has 0 atom stereocenters. The maximum atomic E-state index is 13.5. The molecule has 0 bridgehead atoms. The average Bonchev–Trinajstić information content (AvgIpc) is 1.83. The van der Waals surface area contributed by atoms with Crippen molar-refractivity contribution in [1.29, 1.82) is 0 Å². The molecule has 2 heteroatoms. The number of rotatable bonds is 4. The van der Waals surface area contributed by atoms with Gasteiger partial charge in [-0.1, -0.05) is 26.7 Å². The molecule has 0 aliphatic heterocycles. The maximum Gasteiger partial charge on any atom is 0.114 e. The molecule has 0 radical (unpaired) electrons. The normalized spacial score (nSPS) is 35.2. The number of hydrogen-bond donors (Lipinski definition) is 1. The van der Waals surface area contributed by atoms with Gasteiger partial charge in [-0.3, -0.25) is 0 Å². The first kappa shape index (κ1) is 9.97. The molecule has 72 valence electrons. The van der Waals surface area contributed by atoms with Gasteiger partial charge in [0.15, 0.2) is 0 Å². The Hall–Kier alpha value is -0.110. The molecule has 1 fully saturated rings. The largest absolute Gasteiger partial charge is 0.327 e. The standard InChI is InChI=1S/C10H20FN/c1-8(2)4-3-5-10(11)6-9(12)7-10/h8-9H,3-7,12H2,1-2H3. The van der Waals surface area contributed by atoms with Gasteiger partial charge in [-0.15, -0.1) is 0 Å². The minimum Gasteiger partial charge on any atom is -0.327 e. The minimum atomic E-state index is -0.895. The van der Waals surface area contributed by atoms with Crippen molar-refractivity contribution in [3.05, 3.63) is 0 Å². The summed E-state index contributed by atoms with van der Waals surface area (Å²) in [5.41, 5.74) is 4.65. The first-order chi connectivity index (χ1) is 5.52. The van der Waals surface area contributed by atoms with Crippen LogP contribution in [0.5, 0.6) is 0 Å². The molecule has 0 saturated heterocycles. The van der Waals surface area contributed by atoms with Crippen molar-refractivity contribution in [3.63, 3.8) is 0 Å². The highest BCUT2D eigenvalue weighted by molar-refractivity contribution is 4.96. The Morgan fingerprint density at radius 2 is 2.08 bits per heavy atom. The highest BCUT2D eigenvalue weighted by Gasteiger charge is 2.42. The van der Waals surface area contributed by atoms with Crippen LogP contribution >= 0.6 is 0 Å². The lowest BCUT2D eigenvalue weighted by atomic mass is 9.74. The van der Waals surface area contributed by atoms with Crippen LogP contribution in [0.1, 0.15) is 46.0 Å². The van der Waals surface area contributed by atoms with Gasteiger partial charge in [0.1, 0.15) is 5.67 Å². The van der Waals surface area contributed by atoms with E-state index >= 15 is 0 Å². The fraction of sp³-hybridized carbons (Fsp3) is 1.00. The number of nitrogens with two attached hydrogens (primary N) is 1. The van der Waals surface area contributed by atoms with Crippen LogP contribution in [0, 0.1) is 5.92 Å². The fourth-order valence-corrected chi connectivity index (χ4v) is 1.91. The summed E-state index contributed by atoms with van der Waals surface area (Å²) in [5.74, 6) is 0.697.